The molecule has 1 aliphatic carbocycles. The van der Waals surface area contributed by atoms with E-state index >= 15 is 0 Å². The number of nitrogens with two attached hydrogens (primary N) is 1. The lowest BCUT2D eigenvalue weighted by Gasteiger charge is -2.29. The molecule has 3 N–H and O–H groups in total. The fraction of sp³-hybridized carbons (Fsp3) is 0.538. The molecule has 88 valence electrons. The Morgan fingerprint density at radius 2 is 2.19 bits per heavy atom. The van der Waals surface area contributed by atoms with E-state index in [1.165, 1.54) is 0 Å². The molecular formula is C13H18ClNO. The summed E-state index contributed by atoms with van der Waals surface area (Å²) < 4.78 is 0. The van der Waals surface area contributed by atoms with Gasteiger partial charge in [0.15, 0.2) is 0 Å². The Balaban J connectivity index is 2.36. The van der Waals surface area contributed by atoms with Gasteiger partial charge in [-0.3, -0.25) is 0 Å². The van der Waals surface area contributed by atoms with Crippen LogP contribution in [0.5, 0.6) is 0 Å². The van der Waals surface area contributed by atoms with Gasteiger partial charge in [-0.1, -0.05) is 23.7 Å². The van der Waals surface area contributed by atoms with Crippen molar-refractivity contribution < 1.29 is 5.11 Å². The number of rotatable bonds is 2. The third-order valence-corrected chi connectivity index (χ3v) is 3.92. The first-order valence-electron chi connectivity index (χ1n) is 5.66. The minimum absolute atomic E-state index is 0.103. The van der Waals surface area contributed by atoms with Gasteiger partial charge in [0.05, 0.1) is 5.60 Å². The normalized spacial score (nSPS) is 34.2. The van der Waals surface area contributed by atoms with Crippen LogP contribution < -0.4 is 5.73 Å². The standard InChI is InChI=1S/C13H18ClNO/c1-12(16)5-6-13(8-12,9-15)10-3-2-4-11(14)7-10/h2-4,7,16H,5-6,8-9,15H2,1H3. The van der Waals surface area contributed by atoms with Crippen molar-refractivity contribution in [1.82, 2.24) is 0 Å². The summed E-state index contributed by atoms with van der Waals surface area (Å²) in [7, 11) is 0. The molecule has 3 heteroatoms. The Bertz CT molecular complexity index is 391. The molecular weight excluding hydrogens is 222 g/mol. The zero-order valence-electron chi connectivity index (χ0n) is 9.54. The Morgan fingerprint density at radius 1 is 1.44 bits per heavy atom. The fourth-order valence-corrected chi connectivity index (χ4v) is 2.96. The molecule has 0 aliphatic heterocycles. The molecule has 1 aliphatic rings. The summed E-state index contributed by atoms with van der Waals surface area (Å²) in [6.45, 7) is 2.44. The monoisotopic (exact) mass is 239 g/mol. The smallest absolute Gasteiger partial charge is 0.0629 e. The van der Waals surface area contributed by atoms with Crippen LogP contribution in [0.1, 0.15) is 31.7 Å². The molecule has 0 saturated heterocycles. The van der Waals surface area contributed by atoms with E-state index in [4.69, 9.17) is 17.3 Å². The second-order valence-corrected chi connectivity index (χ2v) is 5.60. The van der Waals surface area contributed by atoms with Crippen LogP contribution in [-0.4, -0.2) is 17.3 Å². The zero-order chi connectivity index (χ0) is 11.8. The van der Waals surface area contributed by atoms with Crippen molar-refractivity contribution in [3.05, 3.63) is 34.9 Å². The molecule has 1 saturated carbocycles. The van der Waals surface area contributed by atoms with E-state index in [0.29, 0.717) is 6.54 Å². The van der Waals surface area contributed by atoms with Crippen LogP contribution in [-0.2, 0) is 5.41 Å². The van der Waals surface area contributed by atoms with Gasteiger partial charge >= 0.3 is 0 Å². The van der Waals surface area contributed by atoms with Gasteiger partial charge in [0.25, 0.3) is 0 Å². The van der Waals surface area contributed by atoms with Crippen molar-refractivity contribution in [2.45, 2.75) is 37.2 Å². The van der Waals surface area contributed by atoms with Crippen LogP contribution in [0.3, 0.4) is 0 Å². The van der Waals surface area contributed by atoms with Gasteiger partial charge in [0.1, 0.15) is 0 Å². The fourth-order valence-electron chi connectivity index (χ4n) is 2.77. The highest BCUT2D eigenvalue weighted by molar-refractivity contribution is 6.30. The molecule has 1 aromatic carbocycles. The number of hydrogen-bond donors (Lipinski definition) is 2. The van der Waals surface area contributed by atoms with E-state index in [9.17, 15) is 5.11 Å². The van der Waals surface area contributed by atoms with Crippen LogP contribution in [0.15, 0.2) is 24.3 Å². The van der Waals surface area contributed by atoms with Crippen molar-refractivity contribution >= 4 is 11.6 Å². The van der Waals surface area contributed by atoms with Crippen molar-refractivity contribution in [3.63, 3.8) is 0 Å². The second kappa shape index (κ2) is 4.02. The summed E-state index contributed by atoms with van der Waals surface area (Å²) in [5.41, 5.74) is 6.37. The average molecular weight is 240 g/mol. The molecule has 0 heterocycles. The maximum absolute atomic E-state index is 10.1. The summed E-state index contributed by atoms with van der Waals surface area (Å²) in [6, 6.07) is 7.83. The van der Waals surface area contributed by atoms with Crippen molar-refractivity contribution in [2.24, 2.45) is 5.73 Å². The Labute approximate surface area is 101 Å². The minimum Gasteiger partial charge on any atom is -0.390 e. The lowest BCUT2D eigenvalue weighted by molar-refractivity contribution is 0.0612. The first-order valence-corrected chi connectivity index (χ1v) is 6.04. The van der Waals surface area contributed by atoms with E-state index in [1.54, 1.807) is 0 Å². The summed E-state index contributed by atoms with van der Waals surface area (Å²) in [4.78, 5) is 0. The summed E-state index contributed by atoms with van der Waals surface area (Å²) in [5.74, 6) is 0. The highest BCUT2D eigenvalue weighted by atomic mass is 35.5. The van der Waals surface area contributed by atoms with Gasteiger partial charge in [-0.15, -0.1) is 0 Å². The topological polar surface area (TPSA) is 46.2 Å². The SMILES string of the molecule is CC1(O)CCC(CN)(c2cccc(Cl)c2)C1. The molecule has 2 nitrogen and oxygen atoms in total. The third kappa shape index (κ3) is 2.10. The van der Waals surface area contributed by atoms with E-state index in [0.717, 1.165) is 29.8 Å². The van der Waals surface area contributed by atoms with E-state index in [2.05, 4.69) is 6.07 Å². The van der Waals surface area contributed by atoms with Crippen molar-refractivity contribution in [3.8, 4) is 0 Å². The Morgan fingerprint density at radius 3 is 2.69 bits per heavy atom. The van der Waals surface area contributed by atoms with Crippen LogP contribution >= 0.6 is 11.6 Å². The second-order valence-electron chi connectivity index (χ2n) is 5.17. The summed E-state index contributed by atoms with van der Waals surface area (Å²) in [5, 5.41) is 10.8. The first kappa shape index (κ1) is 11.9. The van der Waals surface area contributed by atoms with Gasteiger partial charge < -0.3 is 10.8 Å². The Kier molecular flexibility index (Phi) is 2.99. The quantitative estimate of drug-likeness (QED) is 0.833. The molecule has 2 rings (SSSR count). The first-order chi connectivity index (χ1) is 7.47. The van der Waals surface area contributed by atoms with Crippen LogP contribution in [0.2, 0.25) is 5.02 Å². The molecule has 0 spiro atoms. The van der Waals surface area contributed by atoms with Gasteiger partial charge in [0, 0.05) is 17.0 Å². The molecule has 1 fully saturated rings. The largest absolute Gasteiger partial charge is 0.390 e. The van der Waals surface area contributed by atoms with Gasteiger partial charge in [0.2, 0.25) is 0 Å². The molecule has 0 bridgehead atoms. The molecule has 1 aromatic rings. The highest BCUT2D eigenvalue weighted by Gasteiger charge is 2.44. The zero-order valence-corrected chi connectivity index (χ0v) is 10.3. The molecule has 0 radical (unpaired) electrons. The number of halogens is 1. The van der Waals surface area contributed by atoms with Crippen molar-refractivity contribution in [1.29, 1.82) is 0 Å². The Hall–Kier alpha value is -0.570. The molecule has 2 unspecified atom stereocenters. The molecule has 0 aromatic heterocycles. The van der Waals surface area contributed by atoms with Crippen molar-refractivity contribution in [2.75, 3.05) is 6.54 Å². The number of aliphatic hydroxyl groups is 1. The molecule has 16 heavy (non-hydrogen) atoms. The van der Waals surface area contributed by atoms with Crippen LogP contribution in [0.4, 0.5) is 0 Å². The lowest BCUT2D eigenvalue weighted by Crippen LogP contribution is -2.35. The van der Waals surface area contributed by atoms with Crippen LogP contribution in [0.25, 0.3) is 0 Å². The predicted octanol–water partition coefficient (Wildman–Crippen LogP) is 2.47. The molecule has 2 atom stereocenters. The third-order valence-electron chi connectivity index (χ3n) is 3.69. The maximum atomic E-state index is 10.1. The maximum Gasteiger partial charge on any atom is 0.0629 e. The highest BCUT2D eigenvalue weighted by Crippen LogP contribution is 2.45. The van der Waals surface area contributed by atoms with Crippen LogP contribution in [0, 0.1) is 0 Å². The summed E-state index contributed by atoms with van der Waals surface area (Å²) in [6.07, 6.45) is 2.45. The predicted molar refractivity (Wildman–Crippen MR) is 66.7 cm³/mol. The van der Waals surface area contributed by atoms with E-state index in [1.807, 2.05) is 25.1 Å². The number of benzene rings is 1. The van der Waals surface area contributed by atoms with Gasteiger partial charge in [-0.2, -0.15) is 0 Å². The molecule has 0 amide bonds. The number of hydrogen-bond acceptors (Lipinski definition) is 2. The lowest BCUT2D eigenvalue weighted by atomic mass is 9.78. The van der Waals surface area contributed by atoms with E-state index < -0.39 is 5.60 Å². The minimum atomic E-state index is -0.596. The average Bonchev–Trinajstić information content (AvgIpc) is 2.56. The summed E-state index contributed by atoms with van der Waals surface area (Å²) >= 11 is 6.01. The van der Waals surface area contributed by atoms with E-state index in [-0.39, 0.29) is 5.41 Å². The van der Waals surface area contributed by atoms with Gasteiger partial charge in [-0.05, 0) is 43.9 Å². The van der Waals surface area contributed by atoms with Gasteiger partial charge in [-0.25, -0.2) is 0 Å².